The van der Waals surface area contributed by atoms with Gasteiger partial charge in [-0.25, -0.2) is 9.18 Å². The largest absolute Gasteiger partial charge is 0.458 e. The molecule has 0 radical (unpaired) electrons. The number of carbonyl (C=O) groups excluding carboxylic acids is 1. The zero-order valence-corrected chi connectivity index (χ0v) is 15.5. The molecule has 26 heavy (non-hydrogen) atoms. The number of fused-ring (bicyclic) bond motifs is 4. The Morgan fingerprint density at radius 3 is 2.85 bits per heavy atom. The van der Waals surface area contributed by atoms with Gasteiger partial charge in [0.2, 0.25) is 0 Å². The normalized spacial score (nSPS) is 63.1. The third-order valence-corrected chi connectivity index (χ3v) is 9.78. The molecule has 5 fully saturated rings. The van der Waals surface area contributed by atoms with Crippen molar-refractivity contribution in [2.45, 2.75) is 76.0 Å². The van der Waals surface area contributed by atoms with Crippen LogP contribution in [0.2, 0.25) is 0 Å². The first-order valence-electron chi connectivity index (χ1n) is 10.2. The number of epoxide rings is 2. The second kappa shape index (κ2) is 3.80. The first-order valence-corrected chi connectivity index (χ1v) is 10.2. The molecule has 5 heteroatoms. The summed E-state index contributed by atoms with van der Waals surface area (Å²) in [5.41, 5.74) is 0.713. The van der Waals surface area contributed by atoms with Gasteiger partial charge in [0.1, 0.15) is 17.8 Å². The Bertz CT molecular complexity index is 821. The van der Waals surface area contributed by atoms with Crippen molar-refractivity contribution < 1.29 is 23.4 Å². The van der Waals surface area contributed by atoms with E-state index in [2.05, 4.69) is 20.8 Å². The molecular formula is C21H25FO4. The van der Waals surface area contributed by atoms with Crippen molar-refractivity contribution in [2.24, 2.45) is 28.6 Å². The molecule has 3 heterocycles. The molecule has 3 aliphatic heterocycles. The highest BCUT2D eigenvalue weighted by Crippen LogP contribution is 2.90. The van der Waals surface area contributed by atoms with Crippen molar-refractivity contribution in [3.8, 4) is 0 Å². The summed E-state index contributed by atoms with van der Waals surface area (Å²) in [5.74, 6) is 0.750. The van der Waals surface area contributed by atoms with Gasteiger partial charge in [-0.1, -0.05) is 20.8 Å². The van der Waals surface area contributed by atoms with E-state index in [9.17, 15) is 4.79 Å². The van der Waals surface area contributed by atoms with Crippen LogP contribution < -0.4 is 0 Å². The highest BCUT2D eigenvalue weighted by molar-refractivity contribution is 5.92. The molecule has 7 rings (SSSR count). The molecule has 0 aromatic heterocycles. The molecule has 0 amide bonds. The molecule has 2 saturated heterocycles. The molecule has 0 unspecified atom stereocenters. The van der Waals surface area contributed by atoms with Crippen molar-refractivity contribution in [3.63, 3.8) is 0 Å². The summed E-state index contributed by atoms with van der Waals surface area (Å²) in [6, 6.07) is 0. The maximum Gasteiger partial charge on any atom is 0.334 e. The van der Waals surface area contributed by atoms with Crippen molar-refractivity contribution in [1.29, 1.82) is 0 Å². The first-order chi connectivity index (χ1) is 12.3. The van der Waals surface area contributed by atoms with E-state index >= 15 is 4.39 Å². The van der Waals surface area contributed by atoms with E-state index in [4.69, 9.17) is 14.2 Å². The smallest absolute Gasteiger partial charge is 0.334 e. The fourth-order valence-corrected chi connectivity index (χ4v) is 8.47. The minimum Gasteiger partial charge on any atom is -0.458 e. The van der Waals surface area contributed by atoms with Gasteiger partial charge in [-0.15, -0.1) is 0 Å². The third kappa shape index (κ3) is 1.14. The summed E-state index contributed by atoms with van der Waals surface area (Å²) in [4.78, 5) is 12.1. The fraction of sp³-hybridized carbons (Fsp3) is 0.857. The monoisotopic (exact) mass is 360 g/mol. The van der Waals surface area contributed by atoms with Gasteiger partial charge in [-0.05, 0) is 54.4 Å². The molecule has 7 aliphatic rings. The molecule has 3 saturated carbocycles. The van der Waals surface area contributed by atoms with Gasteiger partial charge in [-0.2, -0.15) is 0 Å². The maximum atomic E-state index is 16.1. The van der Waals surface area contributed by atoms with Crippen LogP contribution in [-0.4, -0.2) is 42.2 Å². The van der Waals surface area contributed by atoms with Gasteiger partial charge in [0, 0.05) is 11.0 Å². The summed E-state index contributed by atoms with van der Waals surface area (Å²) < 4.78 is 33.9. The average molecular weight is 360 g/mol. The van der Waals surface area contributed by atoms with Gasteiger partial charge in [0.25, 0.3) is 0 Å². The van der Waals surface area contributed by atoms with E-state index in [0.29, 0.717) is 18.4 Å². The van der Waals surface area contributed by atoms with Crippen LogP contribution in [0.1, 0.15) is 46.5 Å². The van der Waals surface area contributed by atoms with E-state index in [1.54, 1.807) is 0 Å². The van der Waals surface area contributed by atoms with Crippen molar-refractivity contribution in [1.82, 2.24) is 0 Å². The Balaban J connectivity index is 1.39. The Morgan fingerprint density at radius 1 is 1.27 bits per heavy atom. The average Bonchev–Trinajstić information content (AvgIpc) is 3.47. The molecule has 0 bridgehead atoms. The molecule has 140 valence electrons. The zero-order valence-electron chi connectivity index (χ0n) is 15.5. The number of ether oxygens (including phenoxy) is 3. The third-order valence-electron chi connectivity index (χ3n) is 9.78. The molecule has 0 aromatic rings. The second-order valence-electron chi connectivity index (χ2n) is 10.4. The number of rotatable bonds is 1. The topological polar surface area (TPSA) is 51.4 Å². The van der Waals surface area contributed by atoms with Crippen molar-refractivity contribution >= 4 is 5.97 Å². The molecular weight excluding hydrogens is 335 g/mol. The second-order valence-corrected chi connectivity index (χ2v) is 10.4. The Hall–Kier alpha value is -0.940. The summed E-state index contributed by atoms with van der Waals surface area (Å²) in [6.07, 6.45) is 2.57. The number of halogens is 1. The number of esters is 1. The van der Waals surface area contributed by atoms with Gasteiger partial charge >= 0.3 is 5.97 Å². The first kappa shape index (κ1) is 15.0. The lowest BCUT2D eigenvalue weighted by molar-refractivity contribution is -0.136. The minimum absolute atomic E-state index is 0.0170. The highest BCUT2D eigenvalue weighted by atomic mass is 19.1. The van der Waals surface area contributed by atoms with Crippen LogP contribution in [0.5, 0.6) is 0 Å². The Labute approximate surface area is 152 Å². The van der Waals surface area contributed by atoms with Crippen LogP contribution in [0.3, 0.4) is 0 Å². The summed E-state index contributed by atoms with van der Waals surface area (Å²) in [5, 5.41) is 0. The Kier molecular flexibility index (Phi) is 2.20. The SMILES string of the molecule is CC(C)[C@]12O[C@H]1[C@@H]1C[C@]13[C@]1(O[C@H]1C[C@H]1C4=C(CC[C@@]13C)C(=O)OC4)[C@@H]2F. The van der Waals surface area contributed by atoms with E-state index in [-0.39, 0.29) is 34.9 Å². The summed E-state index contributed by atoms with van der Waals surface area (Å²) >= 11 is 0. The van der Waals surface area contributed by atoms with Gasteiger partial charge < -0.3 is 14.2 Å². The number of cyclic esters (lactones) is 1. The summed E-state index contributed by atoms with van der Waals surface area (Å²) in [7, 11) is 0. The lowest BCUT2D eigenvalue weighted by Crippen LogP contribution is -2.63. The Morgan fingerprint density at radius 2 is 2.08 bits per heavy atom. The highest BCUT2D eigenvalue weighted by Gasteiger charge is 2.98. The van der Waals surface area contributed by atoms with Crippen LogP contribution in [0.15, 0.2) is 11.1 Å². The van der Waals surface area contributed by atoms with E-state index in [1.165, 1.54) is 5.57 Å². The quantitative estimate of drug-likeness (QED) is 0.533. The number of hydrogen-bond acceptors (Lipinski definition) is 4. The van der Waals surface area contributed by atoms with Crippen LogP contribution in [0.25, 0.3) is 0 Å². The standard InChI is InChI=1S/C21H25FO4/c1-9(2)20-15(26-20)13-7-19(13)18(3)5-4-10-11(8-24-16(10)23)12(18)6-14-21(19,25-14)17(20)22/h9,12-15,17H,4-8H2,1-3H3/t12-,13-,14-,15-,17+,18-,19-,20-,21+/m0/s1. The zero-order chi connectivity index (χ0) is 17.9. The minimum atomic E-state index is -1.03. The molecule has 4 nitrogen and oxygen atoms in total. The van der Waals surface area contributed by atoms with Gasteiger partial charge in [-0.3, -0.25) is 0 Å². The number of alkyl halides is 1. The van der Waals surface area contributed by atoms with Crippen molar-refractivity contribution in [3.05, 3.63) is 11.1 Å². The van der Waals surface area contributed by atoms with Crippen LogP contribution in [-0.2, 0) is 19.0 Å². The van der Waals surface area contributed by atoms with Crippen LogP contribution in [0, 0.1) is 28.6 Å². The fourth-order valence-electron chi connectivity index (χ4n) is 8.47. The number of carbonyl (C=O) groups is 1. The molecule has 4 aliphatic carbocycles. The van der Waals surface area contributed by atoms with Crippen LogP contribution >= 0.6 is 0 Å². The van der Waals surface area contributed by atoms with Crippen molar-refractivity contribution in [2.75, 3.05) is 6.61 Å². The lowest BCUT2D eigenvalue weighted by Gasteiger charge is -2.55. The van der Waals surface area contributed by atoms with E-state index < -0.39 is 17.4 Å². The van der Waals surface area contributed by atoms with Crippen LogP contribution in [0.4, 0.5) is 4.39 Å². The van der Waals surface area contributed by atoms with E-state index in [1.807, 2.05) is 0 Å². The molecule has 2 spiro atoms. The molecule has 0 N–H and O–H groups in total. The predicted octanol–water partition coefficient (Wildman–Crippen LogP) is 2.95. The molecule has 0 aromatic carbocycles. The summed E-state index contributed by atoms with van der Waals surface area (Å²) in [6.45, 7) is 6.95. The lowest BCUT2D eigenvalue weighted by atomic mass is 9.46. The van der Waals surface area contributed by atoms with E-state index in [0.717, 1.165) is 31.3 Å². The molecule has 9 atom stereocenters. The maximum absolute atomic E-state index is 16.1. The van der Waals surface area contributed by atoms with Gasteiger partial charge in [0.05, 0.1) is 12.2 Å². The predicted molar refractivity (Wildman–Crippen MR) is 88.9 cm³/mol. The number of hydrogen-bond donors (Lipinski definition) is 0. The van der Waals surface area contributed by atoms with Gasteiger partial charge in [0.15, 0.2) is 6.17 Å².